The van der Waals surface area contributed by atoms with E-state index in [2.05, 4.69) is 58.6 Å². The fourth-order valence-corrected chi connectivity index (χ4v) is 5.57. The SMILES string of the molecule is C=C[C@@H](OCc1ccc(OC)cc1)[C@@H](C)CI.C=C[C@@H](OCc1ccc(OC)cc1)[C@@H](C)COS(=O)(=O)c1ccc(Br)cc1.[I-].[Na+]. The van der Waals surface area contributed by atoms with Gasteiger partial charge in [0.1, 0.15) is 11.5 Å². The van der Waals surface area contributed by atoms with Crippen molar-refractivity contribution >= 4 is 48.6 Å². The molecule has 0 aromatic heterocycles. The van der Waals surface area contributed by atoms with Crippen LogP contribution >= 0.6 is 38.5 Å². The molecule has 7 nitrogen and oxygen atoms in total. The smallest absolute Gasteiger partial charge is 1.00 e. The average molecular weight is 951 g/mol. The normalized spacial score (nSPS) is 13.3. The predicted molar refractivity (Wildman–Crippen MR) is 188 cm³/mol. The molecule has 0 fully saturated rings. The molecule has 0 aliphatic rings. The summed E-state index contributed by atoms with van der Waals surface area (Å²) < 4.78 is 53.6. The summed E-state index contributed by atoms with van der Waals surface area (Å²) in [6.07, 6.45) is 3.32. The maximum absolute atomic E-state index is 12.3. The number of methoxy groups -OCH3 is 2. The molecule has 248 valence electrons. The van der Waals surface area contributed by atoms with E-state index in [1.807, 2.05) is 61.5 Å². The minimum atomic E-state index is -3.81. The largest absolute Gasteiger partial charge is 1.00 e. The Kier molecular flexibility index (Phi) is 24.4. The molecule has 3 rings (SSSR count). The topological polar surface area (TPSA) is 80.3 Å². The van der Waals surface area contributed by atoms with Crippen LogP contribution in [0.3, 0.4) is 0 Å². The van der Waals surface area contributed by atoms with Crippen molar-refractivity contribution in [2.75, 3.05) is 25.3 Å². The molecule has 0 aliphatic heterocycles. The zero-order valence-electron chi connectivity index (χ0n) is 27.0. The number of hydrogen-bond donors (Lipinski definition) is 0. The van der Waals surface area contributed by atoms with Gasteiger partial charge in [-0.3, -0.25) is 4.18 Å². The fourth-order valence-electron chi connectivity index (χ4n) is 3.81. The fraction of sp³-hybridized carbons (Fsp3) is 0.353. The van der Waals surface area contributed by atoms with Gasteiger partial charge in [0.05, 0.1) is 51.1 Å². The number of alkyl halides is 1. The van der Waals surface area contributed by atoms with Gasteiger partial charge in [-0.05, 0) is 65.6 Å². The van der Waals surface area contributed by atoms with E-state index < -0.39 is 10.1 Å². The Hall–Kier alpha value is -0.490. The molecule has 0 N–H and O–H groups in total. The molecule has 0 saturated heterocycles. The summed E-state index contributed by atoms with van der Waals surface area (Å²) >= 11 is 5.65. The van der Waals surface area contributed by atoms with Crippen LogP contribution in [0.5, 0.6) is 11.5 Å². The van der Waals surface area contributed by atoms with E-state index in [0.717, 1.165) is 31.5 Å². The van der Waals surface area contributed by atoms with Gasteiger partial charge in [-0.15, -0.1) is 13.2 Å². The van der Waals surface area contributed by atoms with E-state index in [1.165, 1.54) is 12.1 Å². The van der Waals surface area contributed by atoms with Crippen molar-refractivity contribution < 1.29 is 85.1 Å². The first-order chi connectivity index (χ1) is 21.1. The Morgan fingerprint density at radius 3 is 1.54 bits per heavy atom. The Bertz CT molecular complexity index is 1380. The van der Waals surface area contributed by atoms with Gasteiger partial charge in [-0.25, -0.2) is 0 Å². The first kappa shape index (κ1) is 45.5. The first-order valence-electron chi connectivity index (χ1n) is 14.0. The number of benzene rings is 3. The maximum atomic E-state index is 12.3. The summed E-state index contributed by atoms with van der Waals surface area (Å²) in [4.78, 5) is 0.118. The van der Waals surface area contributed by atoms with E-state index in [9.17, 15) is 8.42 Å². The molecular formula is C34H42BrI2NaO7S. The van der Waals surface area contributed by atoms with Crippen LogP contribution in [-0.4, -0.2) is 45.9 Å². The van der Waals surface area contributed by atoms with E-state index in [0.29, 0.717) is 19.1 Å². The van der Waals surface area contributed by atoms with Crippen molar-refractivity contribution in [1.82, 2.24) is 0 Å². The van der Waals surface area contributed by atoms with Crippen molar-refractivity contribution in [3.63, 3.8) is 0 Å². The van der Waals surface area contributed by atoms with Gasteiger partial charge < -0.3 is 42.9 Å². The van der Waals surface area contributed by atoms with E-state index >= 15 is 0 Å². The summed E-state index contributed by atoms with van der Waals surface area (Å²) in [5, 5.41) is 0. The molecule has 0 saturated carbocycles. The third-order valence-corrected chi connectivity index (χ3v) is 9.83. The molecule has 46 heavy (non-hydrogen) atoms. The molecule has 0 aliphatic carbocycles. The molecule has 4 atom stereocenters. The predicted octanol–water partition coefficient (Wildman–Crippen LogP) is 2.42. The van der Waals surface area contributed by atoms with Crippen molar-refractivity contribution in [3.8, 4) is 11.5 Å². The van der Waals surface area contributed by atoms with Crippen molar-refractivity contribution in [3.05, 3.63) is 114 Å². The molecule has 3 aromatic carbocycles. The van der Waals surface area contributed by atoms with Crippen LogP contribution in [0.4, 0.5) is 0 Å². The van der Waals surface area contributed by atoms with E-state index in [4.69, 9.17) is 23.1 Å². The van der Waals surface area contributed by atoms with Gasteiger partial charge in [0.25, 0.3) is 10.1 Å². The maximum Gasteiger partial charge on any atom is 1.00 e. The zero-order chi connectivity index (χ0) is 32.5. The minimum absolute atomic E-state index is 0. The van der Waals surface area contributed by atoms with Crippen LogP contribution in [0.1, 0.15) is 25.0 Å². The molecule has 0 unspecified atom stereocenters. The summed E-state index contributed by atoms with van der Waals surface area (Å²) in [6.45, 7) is 12.6. The van der Waals surface area contributed by atoms with Crippen LogP contribution in [0, 0.1) is 11.8 Å². The van der Waals surface area contributed by atoms with Crippen LogP contribution < -0.4 is 63.0 Å². The minimum Gasteiger partial charge on any atom is -1.00 e. The third kappa shape index (κ3) is 16.3. The average Bonchev–Trinajstić information content (AvgIpc) is 3.05. The molecule has 3 aromatic rings. The molecule has 0 amide bonds. The quantitative estimate of drug-likeness (QED) is 0.0678. The number of rotatable bonds is 17. The molecule has 12 heteroatoms. The van der Waals surface area contributed by atoms with Gasteiger partial charge in [0.15, 0.2) is 0 Å². The Balaban J connectivity index is 0.000000927. The first-order valence-corrected chi connectivity index (χ1v) is 17.7. The summed E-state index contributed by atoms with van der Waals surface area (Å²) in [6, 6.07) is 21.8. The molecule has 0 radical (unpaired) electrons. The standard InChI is InChI=1S/C20H23BrO5S.C14H19IO2.HI.Na/c1-4-20(25-14-16-5-9-18(24-3)10-6-16)15(2)13-26-27(22,23)19-11-7-17(21)8-12-19;1-4-14(11(2)9-15)17-10-12-5-7-13(16-3)8-6-12;;/h4-12,15,20H,1,13-14H2,2-3H3;4-8,11,14H,1,9-10H2,2-3H3;1H;/q;;;+1/p-1/t15-,20+;11-,14+;;/m00../s1. The monoisotopic (exact) mass is 950 g/mol. The Labute approximate surface area is 336 Å². The van der Waals surface area contributed by atoms with Crippen LogP contribution in [0.2, 0.25) is 0 Å². The van der Waals surface area contributed by atoms with Crippen LogP contribution in [-0.2, 0) is 37.0 Å². The van der Waals surface area contributed by atoms with E-state index in [-0.39, 0.29) is 83.2 Å². The summed E-state index contributed by atoms with van der Waals surface area (Å²) in [5.41, 5.74) is 2.14. The van der Waals surface area contributed by atoms with Gasteiger partial charge in [0.2, 0.25) is 0 Å². The second-order valence-electron chi connectivity index (χ2n) is 10.0. The van der Waals surface area contributed by atoms with Crippen LogP contribution in [0.25, 0.3) is 0 Å². The zero-order valence-corrected chi connectivity index (χ0v) is 35.8. The Morgan fingerprint density at radius 1 is 0.761 bits per heavy atom. The second-order valence-corrected chi connectivity index (χ2v) is 13.4. The molecule has 0 spiro atoms. The van der Waals surface area contributed by atoms with Gasteiger partial charge >= 0.3 is 29.6 Å². The second kappa shape index (κ2) is 24.6. The van der Waals surface area contributed by atoms with Gasteiger partial charge in [-0.1, -0.05) is 88.8 Å². The molecule has 0 bridgehead atoms. The van der Waals surface area contributed by atoms with Crippen molar-refractivity contribution in [2.45, 2.75) is 44.2 Å². The number of halogens is 3. The summed E-state index contributed by atoms with van der Waals surface area (Å²) in [5.74, 6) is 1.95. The van der Waals surface area contributed by atoms with Crippen molar-refractivity contribution in [1.29, 1.82) is 0 Å². The third-order valence-electron chi connectivity index (χ3n) is 6.62. The van der Waals surface area contributed by atoms with E-state index in [1.54, 1.807) is 32.4 Å². The van der Waals surface area contributed by atoms with Gasteiger partial charge in [-0.2, -0.15) is 8.42 Å². The molecular weight excluding hydrogens is 909 g/mol. The molecule has 0 heterocycles. The Morgan fingerprint density at radius 2 is 1.17 bits per heavy atom. The summed E-state index contributed by atoms with van der Waals surface area (Å²) in [7, 11) is -0.531. The van der Waals surface area contributed by atoms with Gasteiger partial charge in [0, 0.05) is 14.8 Å². The van der Waals surface area contributed by atoms with Crippen LogP contribution in [0.15, 0.2) is 107 Å². The van der Waals surface area contributed by atoms with Crippen molar-refractivity contribution in [2.24, 2.45) is 11.8 Å². The number of hydrogen-bond acceptors (Lipinski definition) is 7. The number of ether oxygens (including phenoxy) is 4.